The van der Waals surface area contributed by atoms with E-state index in [-0.39, 0.29) is 0 Å². The Morgan fingerprint density at radius 2 is 1.95 bits per heavy atom. The van der Waals surface area contributed by atoms with Gasteiger partial charge < -0.3 is 15.5 Å². The Bertz CT molecular complexity index is 321. The van der Waals surface area contributed by atoms with Gasteiger partial charge in [-0.05, 0) is 25.7 Å². The lowest BCUT2D eigenvalue weighted by atomic mass is 10.00. The summed E-state index contributed by atoms with van der Waals surface area (Å²) in [4.78, 5) is 7.17. The zero-order chi connectivity index (χ0) is 13.5. The number of hydrogen-bond acceptors (Lipinski definition) is 6. The summed E-state index contributed by atoms with van der Waals surface area (Å²) in [6, 6.07) is 1.13. The van der Waals surface area contributed by atoms with Crippen molar-refractivity contribution in [3.8, 4) is 0 Å². The highest BCUT2D eigenvalue weighted by Crippen LogP contribution is 2.21. The summed E-state index contributed by atoms with van der Waals surface area (Å²) in [5.74, 6) is 5.79. The molecule has 0 bridgehead atoms. The lowest BCUT2D eigenvalue weighted by Gasteiger charge is -2.38. The fraction of sp³-hybridized carbons (Fsp3) is 0.846. The second kappa shape index (κ2) is 7.87. The fourth-order valence-corrected chi connectivity index (χ4v) is 2.92. The predicted octanol–water partition coefficient (Wildman–Crippen LogP) is 0.945. The average Bonchev–Trinajstić information content (AvgIpc) is 2.50. The lowest BCUT2D eigenvalue weighted by molar-refractivity contribution is 0.0256. The van der Waals surface area contributed by atoms with E-state index in [1.54, 1.807) is 6.21 Å². The molecule has 19 heavy (non-hydrogen) atoms. The number of hydrazone groups is 1. The molecule has 0 aromatic carbocycles. The van der Waals surface area contributed by atoms with E-state index in [0.29, 0.717) is 11.8 Å². The van der Waals surface area contributed by atoms with E-state index in [1.165, 1.54) is 12.8 Å². The maximum atomic E-state index is 5.42. The third-order valence-corrected chi connectivity index (χ3v) is 4.29. The SMILES string of the molecule is NN=C(C=NC1CCN(C2CCOCC2)CC1)CS. The van der Waals surface area contributed by atoms with E-state index in [2.05, 4.69) is 27.6 Å². The maximum absolute atomic E-state index is 5.42. The summed E-state index contributed by atoms with van der Waals surface area (Å²) in [6.07, 6.45) is 6.38. The largest absolute Gasteiger partial charge is 0.381 e. The highest BCUT2D eigenvalue weighted by molar-refractivity contribution is 7.81. The minimum absolute atomic E-state index is 0.410. The zero-order valence-electron chi connectivity index (χ0n) is 11.4. The number of hydrogen-bond donors (Lipinski definition) is 2. The Balaban J connectivity index is 1.75. The molecule has 2 aliphatic rings. The van der Waals surface area contributed by atoms with Gasteiger partial charge >= 0.3 is 0 Å². The first-order valence-corrected chi connectivity index (χ1v) is 7.69. The van der Waals surface area contributed by atoms with Gasteiger partial charge in [-0.2, -0.15) is 17.7 Å². The van der Waals surface area contributed by atoms with Gasteiger partial charge in [-0.25, -0.2) is 0 Å². The summed E-state index contributed by atoms with van der Waals surface area (Å²) < 4.78 is 5.42. The Kier molecular flexibility index (Phi) is 6.13. The van der Waals surface area contributed by atoms with Crippen molar-refractivity contribution < 1.29 is 4.74 Å². The van der Waals surface area contributed by atoms with Crippen LogP contribution in [-0.2, 0) is 4.74 Å². The van der Waals surface area contributed by atoms with Gasteiger partial charge in [0.05, 0.1) is 11.8 Å². The molecule has 0 amide bonds. The highest BCUT2D eigenvalue weighted by atomic mass is 32.1. The second-order valence-corrected chi connectivity index (χ2v) is 5.48. The van der Waals surface area contributed by atoms with Crippen LogP contribution < -0.4 is 5.84 Å². The summed E-state index contributed by atoms with van der Waals surface area (Å²) in [5.41, 5.74) is 0.746. The fourth-order valence-electron chi connectivity index (χ4n) is 2.76. The molecule has 2 rings (SSSR count). The topological polar surface area (TPSA) is 63.2 Å². The minimum Gasteiger partial charge on any atom is -0.381 e. The number of rotatable bonds is 4. The number of ether oxygens (including phenoxy) is 1. The molecular formula is C13H24N4OS. The van der Waals surface area contributed by atoms with E-state index in [0.717, 1.165) is 50.9 Å². The summed E-state index contributed by atoms with van der Waals surface area (Å²) in [6.45, 7) is 4.12. The van der Waals surface area contributed by atoms with E-state index in [4.69, 9.17) is 10.6 Å². The summed E-state index contributed by atoms with van der Waals surface area (Å²) in [5, 5.41) is 3.65. The van der Waals surface area contributed by atoms with Gasteiger partial charge in [0, 0.05) is 44.3 Å². The Morgan fingerprint density at radius 1 is 1.26 bits per heavy atom. The molecule has 0 unspecified atom stereocenters. The molecule has 5 nitrogen and oxygen atoms in total. The van der Waals surface area contributed by atoms with Gasteiger partial charge in [0.15, 0.2) is 0 Å². The molecule has 0 spiro atoms. The Labute approximate surface area is 120 Å². The van der Waals surface area contributed by atoms with Gasteiger partial charge in [-0.1, -0.05) is 0 Å². The van der Waals surface area contributed by atoms with E-state index < -0.39 is 0 Å². The van der Waals surface area contributed by atoms with Crippen LogP contribution in [0.15, 0.2) is 10.1 Å². The molecule has 6 heteroatoms. The van der Waals surface area contributed by atoms with Crippen LogP contribution in [0.3, 0.4) is 0 Å². The van der Waals surface area contributed by atoms with Crippen molar-refractivity contribution in [3.05, 3.63) is 0 Å². The molecule has 0 saturated carbocycles. The maximum Gasteiger partial charge on any atom is 0.0874 e. The molecule has 2 aliphatic heterocycles. The third-order valence-electron chi connectivity index (χ3n) is 3.97. The average molecular weight is 284 g/mol. The number of nitrogens with zero attached hydrogens (tertiary/aromatic N) is 3. The van der Waals surface area contributed by atoms with E-state index in [1.807, 2.05) is 0 Å². The molecule has 0 atom stereocenters. The molecular weight excluding hydrogens is 260 g/mol. The van der Waals surface area contributed by atoms with Crippen LogP contribution in [0.25, 0.3) is 0 Å². The molecule has 0 aromatic heterocycles. The zero-order valence-corrected chi connectivity index (χ0v) is 12.3. The minimum atomic E-state index is 0.410. The van der Waals surface area contributed by atoms with Crippen molar-refractivity contribution in [3.63, 3.8) is 0 Å². The molecule has 0 radical (unpaired) electrons. The highest BCUT2D eigenvalue weighted by Gasteiger charge is 2.25. The van der Waals surface area contributed by atoms with Crippen molar-refractivity contribution in [2.75, 3.05) is 32.1 Å². The molecule has 0 aromatic rings. The smallest absolute Gasteiger partial charge is 0.0874 e. The number of thiol groups is 1. The first kappa shape index (κ1) is 14.8. The standard InChI is InChI=1S/C13H24N4OS/c14-16-12(10-19)9-15-11-1-5-17(6-2-11)13-3-7-18-8-4-13/h9,11,13,19H,1-8,10,14H2. The molecule has 2 saturated heterocycles. The van der Waals surface area contributed by atoms with Gasteiger partial charge in [0.2, 0.25) is 0 Å². The lowest BCUT2D eigenvalue weighted by Crippen LogP contribution is -2.44. The molecule has 2 heterocycles. The first-order chi connectivity index (χ1) is 9.33. The van der Waals surface area contributed by atoms with Gasteiger partial charge in [0.25, 0.3) is 0 Å². The van der Waals surface area contributed by atoms with Crippen LogP contribution in [-0.4, -0.2) is 61.0 Å². The van der Waals surface area contributed by atoms with Crippen LogP contribution in [0.4, 0.5) is 0 Å². The molecule has 0 aliphatic carbocycles. The van der Waals surface area contributed by atoms with Crippen molar-refractivity contribution in [1.29, 1.82) is 0 Å². The van der Waals surface area contributed by atoms with E-state index in [9.17, 15) is 0 Å². The van der Waals surface area contributed by atoms with Gasteiger partial charge in [0.1, 0.15) is 0 Å². The monoisotopic (exact) mass is 284 g/mol. The summed E-state index contributed by atoms with van der Waals surface area (Å²) in [7, 11) is 0. The molecule has 2 fully saturated rings. The van der Waals surface area contributed by atoms with E-state index >= 15 is 0 Å². The Hall–Kier alpha value is -0.590. The van der Waals surface area contributed by atoms with Crippen molar-refractivity contribution in [2.45, 2.75) is 37.8 Å². The number of nitrogens with two attached hydrogens (primary N) is 1. The number of aliphatic imine (C=N–C) groups is 1. The van der Waals surface area contributed by atoms with Crippen molar-refractivity contribution in [2.24, 2.45) is 15.9 Å². The predicted molar refractivity (Wildman–Crippen MR) is 82.4 cm³/mol. The van der Waals surface area contributed by atoms with Crippen LogP contribution >= 0.6 is 12.6 Å². The van der Waals surface area contributed by atoms with Crippen LogP contribution in [0.2, 0.25) is 0 Å². The van der Waals surface area contributed by atoms with Crippen molar-refractivity contribution in [1.82, 2.24) is 4.90 Å². The van der Waals surface area contributed by atoms with Crippen LogP contribution in [0.5, 0.6) is 0 Å². The van der Waals surface area contributed by atoms with Crippen LogP contribution in [0.1, 0.15) is 25.7 Å². The Morgan fingerprint density at radius 3 is 2.53 bits per heavy atom. The summed E-state index contributed by atoms with van der Waals surface area (Å²) >= 11 is 4.15. The van der Waals surface area contributed by atoms with Crippen LogP contribution in [0, 0.1) is 0 Å². The number of piperidine rings is 1. The second-order valence-electron chi connectivity index (χ2n) is 5.17. The van der Waals surface area contributed by atoms with Crippen molar-refractivity contribution >= 4 is 24.6 Å². The molecule has 108 valence electrons. The first-order valence-electron chi connectivity index (χ1n) is 7.06. The molecule has 2 N–H and O–H groups in total. The third kappa shape index (κ3) is 4.47. The van der Waals surface area contributed by atoms with Gasteiger partial charge in [-0.15, -0.1) is 0 Å². The number of likely N-dealkylation sites (tertiary alicyclic amines) is 1. The normalized spacial score (nSPS) is 25.2. The quantitative estimate of drug-likeness (QED) is 0.350. The van der Waals surface area contributed by atoms with Gasteiger partial charge in [-0.3, -0.25) is 4.99 Å².